The van der Waals surface area contributed by atoms with Gasteiger partial charge in [0.2, 0.25) is 0 Å². The predicted molar refractivity (Wildman–Crippen MR) is 59.3 cm³/mol. The zero-order chi connectivity index (χ0) is 10.4. The summed E-state index contributed by atoms with van der Waals surface area (Å²) >= 11 is 0. The first kappa shape index (κ1) is 10.8. The summed E-state index contributed by atoms with van der Waals surface area (Å²) in [5, 5.41) is 0. The number of nitrogens with zero attached hydrogens (tertiary/aromatic N) is 1. The molecule has 1 aromatic heterocycles. The number of pyridine rings is 1. The van der Waals surface area contributed by atoms with Crippen LogP contribution in [0.5, 0.6) is 5.75 Å². The minimum Gasteiger partial charge on any atom is -0.489 e. The van der Waals surface area contributed by atoms with E-state index in [1.165, 1.54) is 0 Å². The van der Waals surface area contributed by atoms with E-state index >= 15 is 0 Å². The molecule has 76 valence electrons. The molecular weight excluding hydrogens is 174 g/mol. The minimum atomic E-state index is 0.196. The van der Waals surface area contributed by atoms with Crippen LogP contribution >= 0.6 is 0 Å². The smallest absolute Gasteiger partial charge is 0.138 e. The van der Waals surface area contributed by atoms with E-state index < -0.39 is 0 Å². The molecule has 2 heteroatoms. The third-order valence-electron chi connectivity index (χ3n) is 1.65. The van der Waals surface area contributed by atoms with Crippen LogP contribution in [0, 0.1) is 0 Å². The van der Waals surface area contributed by atoms with Crippen LogP contribution in [0.3, 0.4) is 0 Å². The summed E-state index contributed by atoms with van der Waals surface area (Å²) < 4.78 is 5.54. The Hall–Kier alpha value is -1.31. The fraction of sp³-hybridized carbons (Fsp3) is 0.417. The summed E-state index contributed by atoms with van der Waals surface area (Å²) in [6.45, 7) is 6.13. The highest BCUT2D eigenvalue weighted by molar-refractivity contribution is 5.49. The van der Waals surface area contributed by atoms with Crippen molar-refractivity contribution in [1.29, 1.82) is 0 Å². The second-order valence-corrected chi connectivity index (χ2v) is 3.43. The number of allylic oxidation sites excluding steroid dienone is 1. The lowest BCUT2D eigenvalue weighted by Crippen LogP contribution is -2.05. The summed E-state index contributed by atoms with van der Waals surface area (Å²) in [5.41, 5.74) is 1.09. The standard InChI is InChI=1S/C12H17NO/c1-4-5-6-11-7-12(9-13-8-11)14-10(2)3/h5-10H,4H2,1-3H3/b6-5+. The molecule has 0 aliphatic carbocycles. The molecule has 0 aromatic carbocycles. The number of aromatic nitrogens is 1. The van der Waals surface area contributed by atoms with Gasteiger partial charge in [0, 0.05) is 6.20 Å². The molecule has 2 nitrogen and oxygen atoms in total. The molecule has 0 aliphatic heterocycles. The van der Waals surface area contributed by atoms with Gasteiger partial charge in [-0.25, -0.2) is 0 Å². The number of hydrogen-bond donors (Lipinski definition) is 0. The maximum absolute atomic E-state index is 5.54. The highest BCUT2D eigenvalue weighted by Gasteiger charge is 1.97. The maximum Gasteiger partial charge on any atom is 0.138 e. The molecule has 0 bridgehead atoms. The van der Waals surface area contributed by atoms with Gasteiger partial charge in [-0.1, -0.05) is 19.1 Å². The topological polar surface area (TPSA) is 22.1 Å². The first-order chi connectivity index (χ1) is 6.72. The van der Waals surface area contributed by atoms with E-state index in [2.05, 4.69) is 24.1 Å². The van der Waals surface area contributed by atoms with Gasteiger partial charge in [-0.3, -0.25) is 4.98 Å². The molecule has 0 atom stereocenters. The molecule has 1 heterocycles. The van der Waals surface area contributed by atoms with Crippen LogP contribution in [-0.4, -0.2) is 11.1 Å². The zero-order valence-electron chi connectivity index (χ0n) is 9.03. The van der Waals surface area contributed by atoms with Crippen molar-refractivity contribution < 1.29 is 4.74 Å². The molecule has 0 aliphatic rings. The second kappa shape index (κ2) is 5.43. The molecular formula is C12H17NO. The molecule has 1 rings (SSSR count). The molecule has 0 fully saturated rings. The molecule has 0 N–H and O–H groups in total. The van der Waals surface area contributed by atoms with Crippen LogP contribution in [0.4, 0.5) is 0 Å². The van der Waals surface area contributed by atoms with Crippen LogP contribution in [0.15, 0.2) is 24.5 Å². The van der Waals surface area contributed by atoms with Gasteiger partial charge in [0.15, 0.2) is 0 Å². The summed E-state index contributed by atoms with van der Waals surface area (Å²) in [4.78, 5) is 4.11. The second-order valence-electron chi connectivity index (χ2n) is 3.43. The first-order valence-electron chi connectivity index (χ1n) is 5.00. The highest BCUT2D eigenvalue weighted by atomic mass is 16.5. The van der Waals surface area contributed by atoms with Gasteiger partial charge in [-0.05, 0) is 31.9 Å². The van der Waals surface area contributed by atoms with Crippen molar-refractivity contribution in [2.75, 3.05) is 0 Å². The van der Waals surface area contributed by atoms with E-state index in [1.54, 1.807) is 6.20 Å². The van der Waals surface area contributed by atoms with E-state index in [0.29, 0.717) is 0 Å². The van der Waals surface area contributed by atoms with Crippen molar-refractivity contribution in [3.8, 4) is 5.75 Å². The number of ether oxygens (including phenoxy) is 1. The van der Waals surface area contributed by atoms with Crippen molar-refractivity contribution in [2.24, 2.45) is 0 Å². The normalized spacial score (nSPS) is 11.1. The molecule has 0 unspecified atom stereocenters. The average Bonchev–Trinajstić information content (AvgIpc) is 2.14. The van der Waals surface area contributed by atoms with E-state index in [-0.39, 0.29) is 6.10 Å². The van der Waals surface area contributed by atoms with E-state index in [4.69, 9.17) is 4.74 Å². The summed E-state index contributed by atoms with van der Waals surface area (Å²) in [6.07, 6.45) is 8.97. The molecule has 0 saturated carbocycles. The van der Waals surface area contributed by atoms with Gasteiger partial charge in [0.25, 0.3) is 0 Å². The van der Waals surface area contributed by atoms with E-state index in [0.717, 1.165) is 17.7 Å². The highest BCUT2D eigenvalue weighted by Crippen LogP contribution is 2.13. The molecule has 0 spiro atoms. The average molecular weight is 191 g/mol. The van der Waals surface area contributed by atoms with Gasteiger partial charge >= 0.3 is 0 Å². The van der Waals surface area contributed by atoms with E-state index in [9.17, 15) is 0 Å². The minimum absolute atomic E-state index is 0.196. The van der Waals surface area contributed by atoms with Crippen molar-refractivity contribution in [3.63, 3.8) is 0 Å². The molecule has 0 amide bonds. The van der Waals surface area contributed by atoms with Crippen LogP contribution in [0.1, 0.15) is 32.8 Å². The Bertz CT molecular complexity index is 305. The monoisotopic (exact) mass is 191 g/mol. The fourth-order valence-corrected chi connectivity index (χ4v) is 1.12. The maximum atomic E-state index is 5.54. The van der Waals surface area contributed by atoms with Crippen LogP contribution < -0.4 is 4.74 Å². The zero-order valence-corrected chi connectivity index (χ0v) is 9.03. The lowest BCUT2D eigenvalue weighted by atomic mass is 10.2. The molecule has 14 heavy (non-hydrogen) atoms. The Labute approximate surface area is 85.6 Å². The number of rotatable bonds is 4. The van der Waals surface area contributed by atoms with E-state index in [1.807, 2.05) is 26.1 Å². The Morgan fingerprint density at radius 2 is 2.21 bits per heavy atom. The van der Waals surface area contributed by atoms with Gasteiger partial charge < -0.3 is 4.74 Å². The first-order valence-corrected chi connectivity index (χ1v) is 5.00. The summed E-state index contributed by atoms with van der Waals surface area (Å²) in [5.74, 6) is 0.832. The summed E-state index contributed by atoms with van der Waals surface area (Å²) in [6, 6.07) is 2.00. The van der Waals surface area contributed by atoms with Gasteiger partial charge in [0.1, 0.15) is 5.75 Å². The summed E-state index contributed by atoms with van der Waals surface area (Å²) in [7, 11) is 0. The van der Waals surface area contributed by atoms with Crippen LogP contribution in [-0.2, 0) is 0 Å². The quantitative estimate of drug-likeness (QED) is 0.728. The fourth-order valence-electron chi connectivity index (χ4n) is 1.12. The van der Waals surface area contributed by atoms with Gasteiger partial charge in [-0.15, -0.1) is 0 Å². The Kier molecular flexibility index (Phi) is 4.17. The van der Waals surface area contributed by atoms with Gasteiger partial charge in [-0.2, -0.15) is 0 Å². The van der Waals surface area contributed by atoms with Crippen LogP contribution in [0.25, 0.3) is 6.08 Å². The molecule has 1 aromatic rings. The third-order valence-corrected chi connectivity index (χ3v) is 1.65. The molecule has 0 saturated heterocycles. The van der Waals surface area contributed by atoms with Crippen molar-refractivity contribution in [2.45, 2.75) is 33.3 Å². The van der Waals surface area contributed by atoms with Crippen LogP contribution in [0.2, 0.25) is 0 Å². The largest absolute Gasteiger partial charge is 0.489 e. The SMILES string of the molecule is CC/C=C/c1cncc(OC(C)C)c1. The van der Waals surface area contributed by atoms with Gasteiger partial charge in [0.05, 0.1) is 12.3 Å². The number of hydrogen-bond acceptors (Lipinski definition) is 2. The predicted octanol–water partition coefficient (Wildman–Crippen LogP) is 3.29. The lowest BCUT2D eigenvalue weighted by molar-refractivity contribution is 0.241. The Morgan fingerprint density at radius 3 is 2.86 bits per heavy atom. The third kappa shape index (κ3) is 3.60. The Morgan fingerprint density at radius 1 is 1.43 bits per heavy atom. The lowest BCUT2D eigenvalue weighted by Gasteiger charge is -2.08. The Balaban J connectivity index is 2.73. The van der Waals surface area contributed by atoms with Crippen molar-refractivity contribution in [1.82, 2.24) is 4.98 Å². The van der Waals surface area contributed by atoms with Crippen molar-refractivity contribution >= 4 is 6.08 Å². The van der Waals surface area contributed by atoms with Crippen molar-refractivity contribution in [3.05, 3.63) is 30.1 Å². The molecule has 0 radical (unpaired) electrons.